The van der Waals surface area contributed by atoms with Gasteiger partial charge in [-0.2, -0.15) is 5.26 Å². The van der Waals surface area contributed by atoms with Crippen molar-refractivity contribution in [1.29, 1.82) is 5.26 Å². The first-order valence-corrected chi connectivity index (χ1v) is 10.6. The summed E-state index contributed by atoms with van der Waals surface area (Å²) in [6.07, 6.45) is 0.574. The Bertz CT molecular complexity index is 1320. The Balaban J connectivity index is 1.89. The van der Waals surface area contributed by atoms with Crippen molar-refractivity contribution in [2.75, 3.05) is 0 Å². The molecule has 0 saturated carbocycles. The van der Waals surface area contributed by atoms with Gasteiger partial charge >= 0.3 is 6.16 Å². The molecule has 0 amide bonds. The Morgan fingerprint density at radius 3 is 2.61 bits per heavy atom. The van der Waals surface area contributed by atoms with Crippen LogP contribution in [0.4, 0.5) is 4.79 Å². The first kappa shape index (κ1) is 21.9. The molecule has 0 aliphatic carbocycles. The molecule has 166 valence electrons. The van der Waals surface area contributed by atoms with Gasteiger partial charge in [0.25, 0.3) is 0 Å². The predicted molar refractivity (Wildman–Crippen MR) is 125 cm³/mol. The number of hydrogen-bond acceptors (Lipinski definition) is 7. The lowest BCUT2D eigenvalue weighted by Crippen LogP contribution is -2.32. The van der Waals surface area contributed by atoms with Crippen LogP contribution in [0, 0.1) is 11.3 Å². The van der Waals surface area contributed by atoms with E-state index in [1.807, 2.05) is 60.8 Å². The van der Waals surface area contributed by atoms with Gasteiger partial charge in [0.05, 0.1) is 29.2 Å². The number of carbonyl (C=O) groups is 1. The summed E-state index contributed by atoms with van der Waals surface area (Å²) in [5.74, 6) is -0.422. The minimum atomic E-state index is -0.880. The average Bonchev–Trinajstić information content (AvgIpc) is 2.80. The normalized spacial score (nSPS) is 15.9. The fourth-order valence-electron chi connectivity index (χ4n) is 3.91. The molecule has 2 heterocycles. The van der Waals surface area contributed by atoms with Crippen molar-refractivity contribution in [3.8, 4) is 17.2 Å². The van der Waals surface area contributed by atoms with Crippen LogP contribution in [0.5, 0.6) is 0 Å². The highest BCUT2D eigenvalue weighted by Gasteiger charge is 2.34. The summed E-state index contributed by atoms with van der Waals surface area (Å²) >= 11 is 0. The summed E-state index contributed by atoms with van der Waals surface area (Å²) in [4.78, 5) is 17.0. The summed E-state index contributed by atoms with van der Waals surface area (Å²) in [6, 6.07) is 19.8. The molecule has 3 N–H and O–H groups in total. The summed E-state index contributed by atoms with van der Waals surface area (Å²) < 4.78 is 10.7. The van der Waals surface area contributed by atoms with E-state index in [-0.39, 0.29) is 17.7 Å². The number of allylic oxidation sites excluding steroid dienone is 2. The molecule has 0 fully saturated rings. The zero-order valence-corrected chi connectivity index (χ0v) is 18.6. The van der Waals surface area contributed by atoms with E-state index in [0.29, 0.717) is 11.3 Å². The highest BCUT2D eigenvalue weighted by atomic mass is 16.7. The van der Waals surface area contributed by atoms with Crippen LogP contribution in [0.2, 0.25) is 0 Å². The quantitative estimate of drug-likeness (QED) is 0.545. The number of benzene rings is 2. The van der Waals surface area contributed by atoms with Crippen LogP contribution in [0.25, 0.3) is 22.0 Å². The monoisotopic (exact) mass is 440 g/mol. The standard InChI is InChI=1S/C26H24N4O3/c1-15(2)32-26(31)33-24-23(21(13-27)16(3)30-25(24)28)19-10-7-11-22-20(19)12-18(14-29-22)17-8-5-4-6-9-17/h4-12,14-15,23,30H,28H2,1-3H3. The fourth-order valence-corrected chi connectivity index (χ4v) is 3.91. The number of pyridine rings is 1. The second-order valence-corrected chi connectivity index (χ2v) is 8.01. The Labute approximate surface area is 192 Å². The van der Waals surface area contributed by atoms with Crippen LogP contribution in [-0.2, 0) is 9.47 Å². The molecule has 0 spiro atoms. The number of ether oxygens (including phenoxy) is 2. The lowest BCUT2D eigenvalue weighted by atomic mass is 9.84. The molecule has 2 aromatic carbocycles. The van der Waals surface area contributed by atoms with Gasteiger partial charge in [-0.25, -0.2) is 4.79 Å². The van der Waals surface area contributed by atoms with Gasteiger partial charge in [-0.05, 0) is 44.0 Å². The molecular weight excluding hydrogens is 416 g/mol. The Morgan fingerprint density at radius 1 is 1.15 bits per heavy atom. The first-order chi connectivity index (χ1) is 15.9. The minimum absolute atomic E-state index is 0.125. The molecule has 1 aromatic heterocycles. The van der Waals surface area contributed by atoms with E-state index in [4.69, 9.17) is 15.2 Å². The van der Waals surface area contributed by atoms with Crippen molar-refractivity contribution >= 4 is 17.1 Å². The first-order valence-electron chi connectivity index (χ1n) is 10.6. The van der Waals surface area contributed by atoms with Crippen LogP contribution in [0.1, 0.15) is 32.3 Å². The predicted octanol–water partition coefficient (Wildman–Crippen LogP) is 5.08. The highest BCUT2D eigenvalue weighted by molar-refractivity contribution is 5.88. The van der Waals surface area contributed by atoms with Crippen LogP contribution < -0.4 is 11.1 Å². The molecule has 1 aliphatic heterocycles. The smallest absolute Gasteiger partial charge is 0.431 e. The average molecular weight is 441 g/mol. The van der Waals surface area contributed by atoms with E-state index < -0.39 is 12.1 Å². The van der Waals surface area contributed by atoms with Crippen LogP contribution in [-0.4, -0.2) is 17.2 Å². The molecule has 1 unspecified atom stereocenters. The molecule has 4 rings (SSSR count). The maximum Gasteiger partial charge on any atom is 0.513 e. The summed E-state index contributed by atoms with van der Waals surface area (Å²) in [5, 5.41) is 13.8. The van der Waals surface area contributed by atoms with Crippen LogP contribution in [0.3, 0.4) is 0 Å². The number of hydrogen-bond donors (Lipinski definition) is 2. The van der Waals surface area contributed by atoms with E-state index in [1.165, 1.54) is 0 Å². The van der Waals surface area contributed by atoms with Gasteiger partial charge in [-0.1, -0.05) is 42.5 Å². The number of nitrogens with two attached hydrogens (primary N) is 1. The summed E-state index contributed by atoms with van der Waals surface area (Å²) in [5.41, 5.74) is 10.7. The van der Waals surface area contributed by atoms with Gasteiger partial charge < -0.3 is 20.5 Å². The number of dihydropyridines is 1. The van der Waals surface area contributed by atoms with Gasteiger partial charge in [-0.15, -0.1) is 0 Å². The number of carbonyl (C=O) groups excluding carboxylic acids is 1. The van der Waals surface area contributed by atoms with E-state index >= 15 is 0 Å². The van der Waals surface area contributed by atoms with Crippen molar-refractivity contribution in [2.45, 2.75) is 32.8 Å². The van der Waals surface area contributed by atoms with Crippen LogP contribution in [0.15, 0.2) is 83.6 Å². The molecule has 33 heavy (non-hydrogen) atoms. The SMILES string of the molecule is CC1=C(C#N)C(c2cccc3ncc(-c4ccccc4)cc23)C(OC(=O)OC(C)C)=C(N)N1. The van der Waals surface area contributed by atoms with Crippen molar-refractivity contribution in [3.63, 3.8) is 0 Å². The largest absolute Gasteiger partial charge is 0.513 e. The van der Waals surface area contributed by atoms with Gasteiger partial charge in [0.15, 0.2) is 5.76 Å². The van der Waals surface area contributed by atoms with Crippen molar-refractivity contribution in [3.05, 3.63) is 89.2 Å². The number of nitriles is 1. The zero-order chi connectivity index (χ0) is 23.5. The molecule has 0 radical (unpaired) electrons. The second-order valence-electron chi connectivity index (χ2n) is 8.01. The number of rotatable bonds is 4. The number of fused-ring (bicyclic) bond motifs is 1. The third-order valence-corrected chi connectivity index (χ3v) is 5.37. The van der Waals surface area contributed by atoms with E-state index in [1.54, 1.807) is 20.8 Å². The van der Waals surface area contributed by atoms with Crippen molar-refractivity contribution in [2.24, 2.45) is 5.73 Å². The van der Waals surface area contributed by atoms with Gasteiger partial charge in [0.1, 0.15) is 5.82 Å². The van der Waals surface area contributed by atoms with E-state index in [0.717, 1.165) is 27.6 Å². The molecule has 1 atom stereocenters. The number of aromatic nitrogens is 1. The third kappa shape index (κ3) is 4.37. The molecule has 0 saturated heterocycles. The fraction of sp³-hybridized carbons (Fsp3) is 0.192. The van der Waals surface area contributed by atoms with E-state index in [2.05, 4.69) is 16.4 Å². The summed E-state index contributed by atoms with van der Waals surface area (Å²) in [7, 11) is 0. The van der Waals surface area contributed by atoms with Gasteiger partial charge in [0.2, 0.25) is 0 Å². The van der Waals surface area contributed by atoms with Crippen molar-refractivity contribution in [1.82, 2.24) is 10.3 Å². The summed E-state index contributed by atoms with van der Waals surface area (Å²) in [6.45, 7) is 5.21. The van der Waals surface area contributed by atoms with Crippen molar-refractivity contribution < 1.29 is 14.3 Å². The van der Waals surface area contributed by atoms with Crippen LogP contribution >= 0.6 is 0 Å². The number of nitrogens with zero attached hydrogens (tertiary/aromatic N) is 2. The number of nitrogens with one attached hydrogen (secondary N) is 1. The van der Waals surface area contributed by atoms with Gasteiger partial charge in [-0.3, -0.25) is 4.98 Å². The maximum atomic E-state index is 12.4. The topological polar surface area (TPSA) is 110 Å². The Hall–Kier alpha value is -4.31. The molecule has 7 nitrogen and oxygen atoms in total. The molecule has 3 aromatic rings. The molecular formula is C26H24N4O3. The maximum absolute atomic E-state index is 12.4. The highest BCUT2D eigenvalue weighted by Crippen LogP contribution is 2.41. The minimum Gasteiger partial charge on any atom is -0.431 e. The Morgan fingerprint density at radius 2 is 1.91 bits per heavy atom. The molecule has 7 heteroatoms. The zero-order valence-electron chi connectivity index (χ0n) is 18.6. The Kier molecular flexibility index (Phi) is 6.01. The molecule has 0 bridgehead atoms. The lowest BCUT2D eigenvalue weighted by molar-refractivity contribution is 0.0499. The van der Waals surface area contributed by atoms with Gasteiger partial charge in [0, 0.05) is 22.8 Å². The second kappa shape index (κ2) is 9.05. The third-order valence-electron chi connectivity index (χ3n) is 5.37. The van der Waals surface area contributed by atoms with E-state index in [9.17, 15) is 10.1 Å². The molecule has 1 aliphatic rings. The lowest BCUT2D eigenvalue weighted by Gasteiger charge is -2.28.